The van der Waals surface area contributed by atoms with Crippen LogP contribution in [0, 0.1) is 11.8 Å². The van der Waals surface area contributed by atoms with Crippen LogP contribution in [0.25, 0.3) is 0 Å². The highest BCUT2D eigenvalue weighted by molar-refractivity contribution is 5.94. The van der Waals surface area contributed by atoms with Crippen LogP contribution in [0.2, 0.25) is 0 Å². The van der Waals surface area contributed by atoms with Crippen LogP contribution >= 0.6 is 0 Å². The van der Waals surface area contributed by atoms with Crippen LogP contribution in [0.4, 0.5) is 18.9 Å². The van der Waals surface area contributed by atoms with E-state index in [-0.39, 0.29) is 19.0 Å². The summed E-state index contributed by atoms with van der Waals surface area (Å²) in [5.41, 5.74) is -1.57. The molecular weight excluding hydrogens is 519 g/mol. The van der Waals surface area contributed by atoms with E-state index in [1.807, 2.05) is 31.2 Å². The van der Waals surface area contributed by atoms with Crippen LogP contribution in [0.15, 0.2) is 48.5 Å². The van der Waals surface area contributed by atoms with Gasteiger partial charge in [-0.05, 0) is 80.2 Å². The van der Waals surface area contributed by atoms with Crippen molar-refractivity contribution in [3.05, 3.63) is 65.2 Å². The van der Waals surface area contributed by atoms with Crippen LogP contribution in [0.5, 0.6) is 0 Å². The molecule has 1 atom stereocenters. The van der Waals surface area contributed by atoms with Crippen molar-refractivity contribution in [2.45, 2.75) is 57.2 Å². The number of hydrogen-bond donors (Lipinski definition) is 1. The Bertz CT molecular complexity index is 1170. The lowest BCUT2D eigenvalue weighted by atomic mass is 9.82. The van der Waals surface area contributed by atoms with Crippen molar-refractivity contribution in [3.8, 4) is 0 Å². The number of carbonyl (C=O) groups excluding carboxylic acids is 2. The van der Waals surface area contributed by atoms with E-state index in [2.05, 4.69) is 4.90 Å². The van der Waals surface area contributed by atoms with Crippen molar-refractivity contribution in [2.24, 2.45) is 11.8 Å². The maximum absolute atomic E-state index is 14.1. The molecule has 0 radical (unpaired) electrons. The fraction of sp³-hybridized carbons (Fsp3) is 0.548. The smallest absolute Gasteiger partial charge is 0.372 e. The molecule has 40 heavy (non-hydrogen) atoms. The van der Waals surface area contributed by atoms with Gasteiger partial charge in [0.2, 0.25) is 0 Å². The molecule has 0 bridgehead atoms. The fourth-order valence-electron chi connectivity index (χ4n) is 6.00. The van der Waals surface area contributed by atoms with Crippen molar-refractivity contribution < 1.29 is 27.9 Å². The zero-order valence-corrected chi connectivity index (χ0v) is 23.6. The lowest BCUT2D eigenvalue weighted by Crippen LogP contribution is -2.57. The van der Waals surface area contributed by atoms with Crippen molar-refractivity contribution in [3.63, 3.8) is 0 Å². The zero-order chi connectivity index (χ0) is 29.1. The third-order valence-electron chi connectivity index (χ3n) is 8.54. The first kappa shape index (κ1) is 29.9. The number of alkyl halides is 3. The van der Waals surface area contributed by atoms with Crippen molar-refractivity contribution in [1.82, 2.24) is 9.80 Å². The summed E-state index contributed by atoms with van der Waals surface area (Å²) in [6, 6.07) is 13.3. The molecule has 2 heterocycles. The quantitative estimate of drug-likeness (QED) is 0.504. The molecular formula is C31H40F3N3O3. The number of aliphatic hydroxyl groups is 1. The number of nitrogens with zero attached hydrogens (tertiary/aromatic N) is 3. The summed E-state index contributed by atoms with van der Waals surface area (Å²) in [5, 5.41) is 10.8. The van der Waals surface area contributed by atoms with E-state index in [0.29, 0.717) is 42.2 Å². The molecule has 2 aliphatic heterocycles. The third kappa shape index (κ3) is 6.29. The van der Waals surface area contributed by atoms with E-state index < -0.39 is 23.2 Å². The van der Waals surface area contributed by atoms with E-state index in [1.54, 1.807) is 25.1 Å². The highest BCUT2D eigenvalue weighted by Crippen LogP contribution is 2.42. The van der Waals surface area contributed by atoms with Crippen LogP contribution in [-0.2, 0) is 16.8 Å². The molecule has 0 unspecified atom stereocenters. The molecule has 9 heteroatoms. The lowest BCUT2D eigenvalue weighted by Gasteiger charge is -2.40. The first-order valence-corrected chi connectivity index (χ1v) is 14.2. The summed E-state index contributed by atoms with van der Waals surface area (Å²) in [5.74, 6) is -0.425. The van der Waals surface area contributed by atoms with Crippen LogP contribution in [0.1, 0.15) is 60.5 Å². The number of piperidine rings is 2. The number of hydrogen-bond acceptors (Lipinski definition) is 4. The van der Waals surface area contributed by atoms with Crippen molar-refractivity contribution >= 4 is 17.5 Å². The minimum absolute atomic E-state index is 0.0215. The number of anilines is 1. The molecule has 2 saturated heterocycles. The zero-order valence-electron chi connectivity index (χ0n) is 23.6. The SMILES string of the molecule is CCc1cccc([C@@](O)(C(=O)N2CCC(CC3CCN(c4ccc(C(=O)N(C)C)cc4)CC3)CC2)C(F)(F)F)c1. The van der Waals surface area contributed by atoms with Gasteiger partial charge in [-0.15, -0.1) is 0 Å². The Morgan fingerprint density at radius 1 is 0.925 bits per heavy atom. The monoisotopic (exact) mass is 559 g/mol. The van der Waals surface area contributed by atoms with E-state index in [1.165, 1.54) is 23.1 Å². The van der Waals surface area contributed by atoms with Gasteiger partial charge in [0, 0.05) is 57.1 Å². The second-order valence-electron chi connectivity index (χ2n) is 11.4. The number of carbonyl (C=O) groups is 2. The van der Waals surface area contributed by atoms with Crippen molar-refractivity contribution in [2.75, 3.05) is 45.2 Å². The molecule has 0 saturated carbocycles. The molecule has 2 aromatic rings. The van der Waals surface area contributed by atoms with Crippen LogP contribution < -0.4 is 4.90 Å². The van der Waals surface area contributed by atoms with E-state index in [4.69, 9.17) is 0 Å². The molecule has 218 valence electrons. The molecule has 0 aliphatic carbocycles. The maximum Gasteiger partial charge on any atom is 0.430 e. The van der Waals surface area contributed by atoms with Gasteiger partial charge in [-0.2, -0.15) is 13.2 Å². The first-order chi connectivity index (χ1) is 18.9. The fourth-order valence-corrected chi connectivity index (χ4v) is 6.00. The van der Waals surface area contributed by atoms with Gasteiger partial charge < -0.3 is 19.8 Å². The summed E-state index contributed by atoms with van der Waals surface area (Å²) in [6.45, 7) is 4.07. The van der Waals surface area contributed by atoms with Crippen molar-refractivity contribution in [1.29, 1.82) is 0 Å². The van der Waals surface area contributed by atoms with Gasteiger partial charge in [-0.1, -0.05) is 31.2 Å². The third-order valence-corrected chi connectivity index (χ3v) is 8.54. The molecule has 2 amide bonds. The Morgan fingerprint density at radius 3 is 2.02 bits per heavy atom. The number of likely N-dealkylation sites (tertiary alicyclic amines) is 1. The second kappa shape index (κ2) is 12.2. The standard InChI is InChI=1S/C31H40F3N3O3/c1-4-22-6-5-7-26(21-22)30(40,31(32,33)34)29(39)37-18-14-24(15-19-37)20-23-12-16-36(17-13-23)27-10-8-25(9-11-27)28(38)35(2)3/h5-11,21,23-24,40H,4,12-20H2,1-3H3/t30-/m1/s1. The minimum Gasteiger partial charge on any atom is -0.372 e. The summed E-state index contributed by atoms with van der Waals surface area (Å²) in [7, 11) is 3.47. The molecule has 0 spiro atoms. The number of aryl methyl sites for hydroxylation is 1. The molecule has 2 aromatic carbocycles. The summed E-state index contributed by atoms with van der Waals surface area (Å²) < 4.78 is 42.4. The first-order valence-electron chi connectivity index (χ1n) is 14.2. The highest BCUT2D eigenvalue weighted by Gasteiger charge is 2.62. The Balaban J connectivity index is 1.30. The molecule has 2 aliphatic rings. The van der Waals surface area contributed by atoms with Gasteiger partial charge in [0.25, 0.3) is 17.4 Å². The Labute approximate surface area is 234 Å². The van der Waals surface area contributed by atoms with E-state index in [0.717, 1.165) is 38.0 Å². The highest BCUT2D eigenvalue weighted by atomic mass is 19.4. The Hall–Kier alpha value is -3.07. The maximum atomic E-state index is 14.1. The van der Waals surface area contributed by atoms with Gasteiger partial charge in [-0.3, -0.25) is 9.59 Å². The van der Waals surface area contributed by atoms with E-state index >= 15 is 0 Å². The predicted octanol–water partition coefficient (Wildman–Crippen LogP) is 5.25. The normalized spacial score (nSPS) is 18.9. The number of amides is 2. The average molecular weight is 560 g/mol. The van der Waals surface area contributed by atoms with Gasteiger partial charge in [0.1, 0.15) is 0 Å². The van der Waals surface area contributed by atoms with Gasteiger partial charge >= 0.3 is 6.18 Å². The van der Waals surface area contributed by atoms with E-state index in [9.17, 15) is 27.9 Å². The molecule has 6 nitrogen and oxygen atoms in total. The number of rotatable bonds is 7. The molecule has 0 aromatic heterocycles. The number of benzene rings is 2. The number of halogens is 3. The Kier molecular flexibility index (Phi) is 9.12. The lowest BCUT2D eigenvalue weighted by molar-refractivity contribution is -0.262. The van der Waals surface area contributed by atoms with Gasteiger partial charge in [-0.25, -0.2) is 0 Å². The molecule has 2 fully saturated rings. The van der Waals surface area contributed by atoms with Gasteiger partial charge in [0.05, 0.1) is 0 Å². The molecule has 4 rings (SSSR count). The summed E-state index contributed by atoms with van der Waals surface area (Å²) >= 11 is 0. The summed E-state index contributed by atoms with van der Waals surface area (Å²) in [6.07, 6.45) is -0.299. The van der Waals surface area contributed by atoms with Crippen LogP contribution in [0.3, 0.4) is 0 Å². The Morgan fingerprint density at radius 2 is 1.50 bits per heavy atom. The second-order valence-corrected chi connectivity index (χ2v) is 11.4. The van der Waals surface area contributed by atoms with Gasteiger partial charge in [0.15, 0.2) is 0 Å². The van der Waals surface area contributed by atoms with Crippen LogP contribution in [-0.4, -0.2) is 73.2 Å². The summed E-state index contributed by atoms with van der Waals surface area (Å²) in [4.78, 5) is 30.4. The predicted molar refractivity (Wildman–Crippen MR) is 149 cm³/mol. The average Bonchev–Trinajstić information content (AvgIpc) is 2.96. The topological polar surface area (TPSA) is 64.1 Å². The molecule has 1 N–H and O–H groups in total. The largest absolute Gasteiger partial charge is 0.430 e. The minimum atomic E-state index is -5.12.